The molecule has 1 saturated heterocycles. The van der Waals surface area contributed by atoms with Crippen LogP contribution >= 0.6 is 0 Å². The molecule has 1 heterocycles. The molecule has 0 radical (unpaired) electrons. The van der Waals surface area contributed by atoms with E-state index in [4.69, 9.17) is 23.7 Å². The van der Waals surface area contributed by atoms with Crippen molar-refractivity contribution in [3.63, 3.8) is 0 Å². The van der Waals surface area contributed by atoms with Crippen LogP contribution in [0.25, 0.3) is 0 Å². The summed E-state index contributed by atoms with van der Waals surface area (Å²) in [6.45, 7) is 6.64. The fourth-order valence-corrected chi connectivity index (χ4v) is 6.19. The van der Waals surface area contributed by atoms with Gasteiger partial charge in [-0.1, -0.05) is 0 Å². The monoisotopic (exact) mass is 552 g/mol. The second-order valence-corrected chi connectivity index (χ2v) is 10.3. The molecule has 9 nitrogen and oxygen atoms in total. The van der Waals surface area contributed by atoms with Gasteiger partial charge in [0.05, 0.1) is 0 Å². The number of hydrogen-bond acceptors (Lipinski definition) is 9. The molecule has 0 N–H and O–H groups in total. The standard InChI is InChI=1S/C21H26O9Te/c1-11-6-8-16(9-7-11)31-21-20(29-15(5)25)19(28-14(4)24)18(27-13(3)23)17(30-21)10-26-12(2)22/h6-9,17-21H,10H2,1-5H3/t17-,18-,19+,20-,21+/m1/s1. The number of ether oxygens (including phenoxy) is 5. The number of carbonyl (C=O) groups excluding carboxylic acids is 4. The van der Waals surface area contributed by atoms with Crippen molar-refractivity contribution in [1.29, 1.82) is 0 Å². The number of rotatable bonds is 7. The number of aryl methyl sites for hydroxylation is 1. The van der Waals surface area contributed by atoms with Gasteiger partial charge in [0.15, 0.2) is 0 Å². The molecule has 2 rings (SSSR count). The third-order valence-corrected chi connectivity index (χ3v) is 7.52. The van der Waals surface area contributed by atoms with Crippen LogP contribution in [0.4, 0.5) is 0 Å². The number of esters is 4. The third kappa shape index (κ3) is 7.80. The molecule has 5 atom stereocenters. The molecule has 1 aromatic carbocycles. The zero-order chi connectivity index (χ0) is 23.1. The average Bonchev–Trinajstić information content (AvgIpc) is 2.65. The Hall–Kier alpha value is -2.15. The van der Waals surface area contributed by atoms with Crippen LogP contribution in [0, 0.1) is 6.92 Å². The number of benzene rings is 1. The van der Waals surface area contributed by atoms with Gasteiger partial charge in [0.2, 0.25) is 0 Å². The van der Waals surface area contributed by atoms with Crippen LogP contribution in [0.2, 0.25) is 0 Å². The molecular weight excluding hydrogens is 524 g/mol. The van der Waals surface area contributed by atoms with E-state index in [1.807, 2.05) is 31.2 Å². The normalized spacial score (nSPS) is 25.3. The molecular formula is C21H26O9Te. The summed E-state index contributed by atoms with van der Waals surface area (Å²) < 4.78 is 27.9. The van der Waals surface area contributed by atoms with E-state index in [-0.39, 0.29) is 6.61 Å². The van der Waals surface area contributed by atoms with E-state index in [1.165, 1.54) is 27.7 Å². The SMILES string of the molecule is CC(=O)OC[C@H]1O[C@@H]([Te]c2ccc(C)cc2)[C@H](OC(C)=O)[C@@H](OC(C)=O)[C@@H]1OC(C)=O. The summed E-state index contributed by atoms with van der Waals surface area (Å²) in [7, 11) is 0. The molecule has 1 aliphatic rings. The molecule has 170 valence electrons. The molecule has 0 bridgehead atoms. The van der Waals surface area contributed by atoms with Gasteiger partial charge in [-0.15, -0.1) is 0 Å². The Kier molecular flexibility index (Phi) is 9.29. The van der Waals surface area contributed by atoms with Crippen LogP contribution in [0.1, 0.15) is 33.3 Å². The van der Waals surface area contributed by atoms with Crippen molar-refractivity contribution in [2.45, 2.75) is 63.2 Å². The molecule has 0 saturated carbocycles. The Bertz CT molecular complexity index is 808. The van der Waals surface area contributed by atoms with E-state index in [9.17, 15) is 19.2 Å². The molecule has 1 aliphatic heterocycles. The number of hydrogen-bond donors (Lipinski definition) is 0. The Balaban J connectivity index is 2.43. The topological polar surface area (TPSA) is 114 Å². The van der Waals surface area contributed by atoms with E-state index < -0.39 is 73.4 Å². The van der Waals surface area contributed by atoms with Crippen LogP contribution in [-0.2, 0) is 42.9 Å². The van der Waals surface area contributed by atoms with Crippen molar-refractivity contribution in [2.24, 2.45) is 0 Å². The summed E-state index contributed by atoms with van der Waals surface area (Å²) in [4.78, 5) is 46.8. The molecule has 0 aromatic heterocycles. The first-order valence-electron chi connectivity index (χ1n) is 9.60. The predicted molar refractivity (Wildman–Crippen MR) is 109 cm³/mol. The first-order chi connectivity index (χ1) is 14.6. The van der Waals surface area contributed by atoms with Gasteiger partial charge < -0.3 is 0 Å². The van der Waals surface area contributed by atoms with E-state index >= 15 is 0 Å². The summed E-state index contributed by atoms with van der Waals surface area (Å²) in [6.07, 6.45) is -4.11. The Morgan fingerprint density at radius 1 is 0.806 bits per heavy atom. The second-order valence-electron chi connectivity index (χ2n) is 7.00. The van der Waals surface area contributed by atoms with E-state index in [0.29, 0.717) is 0 Å². The Morgan fingerprint density at radius 3 is 1.84 bits per heavy atom. The second kappa shape index (κ2) is 11.5. The van der Waals surface area contributed by atoms with E-state index in [0.717, 1.165) is 9.17 Å². The minimum absolute atomic E-state index is 0.213. The Morgan fingerprint density at radius 2 is 1.32 bits per heavy atom. The van der Waals surface area contributed by atoms with E-state index in [1.54, 1.807) is 0 Å². The molecule has 0 aliphatic carbocycles. The van der Waals surface area contributed by atoms with Crippen LogP contribution in [-0.4, -0.2) is 80.0 Å². The summed E-state index contributed by atoms with van der Waals surface area (Å²) in [5.74, 6) is -2.41. The van der Waals surface area contributed by atoms with Crippen LogP contribution in [0.5, 0.6) is 0 Å². The molecule has 10 heteroatoms. The van der Waals surface area contributed by atoms with Gasteiger partial charge in [0, 0.05) is 0 Å². The van der Waals surface area contributed by atoms with Gasteiger partial charge in [-0.25, -0.2) is 0 Å². The molecule has 0 amide bonds. The maximum atomic E-state index is 11.8. The quantitative estimate of drug-likeness (QED) is 0.271. The van der Waals surface area contributed by atoms with Gasteiger partial charge in [-0.2, -0.15) is 0 Å². The first-order valence-corrected chi connectivity index (χ1v) is 12.1. The summed E-state index contributed by atoms with van der Waals surface area (Å²) in [6, 6.07) is 7.86. The molecule has 1 aromatic rings. The molecule has 0 spiro atoms. The maximum absolute atomic E-state index is 11.8. The van der Waals surface area contributed by atoms with Crippen LogP contribution < -0.4 is 3.61 Å². The van der Waals surface area contributed by atoms with Crippen LogP contribution in [0.15, 0.2) is 24.3 Å². The van der Waals surface area contributed by atoms with Crippen LogP contribution in [0.3, 0.4) is 0 Å². The first kappa shape index (κ1) is 25.1. The van der Waals surface area contributed by atoms with Gasteiger partial charge in [0.25, 0.3) is 0 Å². The zero-order valence-electron chi connectivity index (χ0n) is 18.0. The summed E-state index contributed by atoms with van der Waals surface area (Å²) in [5.41, 5.74) is 1.10. The van der Waals surface area contributed by atoms with Crippen molar-refractivity contribution in [3.05, 3.63) is 29.8 Å². The predicted octanol–water partition coefficient (Wildman–Crippen LogP) is 0.408. The summed E-state index contributed by atoms with van der Waals surface area (Å²) in [5, 5.41) is 0. The fourth-order valence-electron chi connectivity index (χ4n) is 3.03. The molecule has 31 heavy (non-hydrogen) atoms. The molecule has 0 unspecified atom stereocenters. The number of carbonyl (C=O) groups is 4. The van der Waals surface area contributed by atoms with Gasteiger partial charge in [0.1, 0.15) is 0 Å². The summed E-state index contributed by atoms with van der Waals surface area (Å²) >= 11 is -1.12. The average molecular weight is 550 g/mol. The zero-order valence-corrected chi connectivity index (χ0v) is 20.3. The van der Waals surface area contributed by atoms with Crippen molar-refractivity contribution in [1.82, 2.24) is 0 Å². The van der Waals surface area contributed by atoms with Gasteiger partial charge >= 0.3 is 191 Å². The molecule has 1 fully saturated rings. The van der Waals surface area contributed by atoms with E-state index in [2.05, 4.69) is 0 Å². The van der Waals surface area contributed by atoms with Crippen molar-refractivity contribution in [3.8, 4) is 0 Å². The third-order valence-electron chi connectivity index (χ3n) is 4.22. The van der Waals surface area contributed by atoms with Crippen molar-refractivity contribution >= 4 is 48.4 Å². The van der Waals surface area contributed by atoms with Gasteiger partial charge in [-0.05, 0) is 0 Å². The van der Waals surface area contributed by atoms with Crippen molar-refractivity contribution < 1.29 is 42.9 Å². The Labute approximate surface area is 190 Å². The minimum atomic E-state index is -1.12. The van der Waals surface area contributed by atoms with Gasteiger partial charge in [-0.3, -0.25) is 0 Å². The van der Waals surface area contributed by atoms with Crippen molar-refractivity contribution in [2.75, 3.05) is 6.61 Å². The fraction of sp³-hybridized carbons (Fsp3) is 0.524.